The highest BCUT2D eigenvalue weighted by molar-refractivity contribution is 6.09. The second-order valence-electron chi connectivity index (χ2n) is 19.3. The molecule has 8 nitrogen and oxygen atoms in total. The second kappa shape index (κ2) is 23.9. The first kappa shape index (κ1) is 53.0. The van der Waals surface area contributed by atoms with Gasteiger partial charge in [-0.25, -0.2) is 0 Å². The number of phenols is 4. The van der Waals surface area contributed by atoms with E-state index in [9.17, 15) is 30.0 Å². The molecule has 0 atom stereocenters. The maximum absolute atomic E-state index is 14.4. The van der Waals surface area contributed by atoms with Gasteiger partial charge in [0.1, 0.15) is 11.5 Å². The topological polar surface area (TPSA) is 139 Å². The first-order chi connectivity index (χ1) is 39.4. The summed E-state index contributed by atoms with van der Waals surface area (Å²) >= 11 is 0. The maximum Gasteiger partial charge on any atom is 0.255 e. The van der Waals surface area contributed by atoms with Gasteiger partial charge in [-0.1, -0.05) is 170 Å². The molecule has 0 spiro atoms. The van der Waals surface area contributed by atoms with Gasteiger partial charge >= 0.3 is 0 Å². The normalized spacial score (nSPS) is 10.5. The fraction of sp³-hybridized carbons (Fsp3) is 0.0411. The molecule has 0 saturated heterocycles. The molecule has 6 N–H and O–H groups in total. The molecule has 0 fully saturated rings. The Morgan fingerprint density at radius 2 is 0.630 bits per heavy atom. The van der Waals surface area contributed by atoms with Gasteiger partial charge in [0, 0.05) is 72.2 Å². The molecule has 0 aliphatic carbocycles. The van der Waals surface area contributed by atoms with Gasteiger partial charge in [0.25, 0.3) is 11.8 Å². The fourth-order valence-corrected chi connectivity index (χ4v) is 9.32. The van der Waals surface area contributed by atoms with E-state index in [2.05, 4.69) is 58.0 Å². The number of carbonyl (C=O) groups is 2. The predicted molar refractivity (Wildman–Crippen MR) is 321 cm³/mol. The number of benzene rings is 10. The molecule has 10 aromatic carbocycles. The van der Waals surface area contributed by atoms with Crippen molar-refractivity contribution in [2.45, 2.75) is 19.3 Å². The van der Waals surface area contributed by atoms with Crippen LogP contribution in [0.4, 0.5) is 11.4 Å². The highest BCUT2D eigenvalue weighted by Crippen LogP contribution is 2.52. The van der Waals surface area contributed by atoms with Gasteiger partial charge in [-0.15, -0.1) is 0 Å². The third kappa shape index (κ3) is 12.1. The van der Waals surface area contributed by atoms with E-state index in [1.54, 1.807) is 84.9 Å². The van der Waals surface area contributed by atoms with Gasteiger partial charge in [0.05, 0.1) is 22.5 Å². The molecule has 2 amide bonds. The van der Waals surface area contributed by atoms with Crippen LogP contribution in [-0.2, 0) is 5.41 Å². The maximum atomic E-state index is 14.4. The molecular formula is C73H50N2O6. The van der Waals surface area contributed by atoms with E-state index in [-0.39, 0.29) is 78.9 Å². The molecule has 0 aliphatic heterocycles. The Kier molecular flexibility index (Phi) is 15.6. The van der Waals surface area contributed by atoms with Crippen molar-refractivity contribution in [1.82, 2.24) is 0 Å². The Labute approximate surface area is 470 Å². The van der Waals surface area contributed by atoms with Crippen molar-refractivity contribution in [3.63, 3.8) is 0 Å². The lowest BCUT2D eigenvalue weighted by Crippen LogP contribution is -2.22. The molecular weight excluding hydrogens is 1000 g/mol. The van der Waals surface area contributed by atoms with Crippen molar-refractivity contribution in [2.24, 2.45) is 0 Å². The quantitative estimate of drug-likeness (QED) is 0.0662. The minimum absolute atomic E-state index is 0.0131. The van der Waals surface area contributed by atoms with Crippen LogP contribution in [-0.4, -0.2) is 32.2 Å². The van der Waals surface area contributed by atoms with Crippen molar-refractivity contribution >= 4 is 23.2 Å². The second-order valence-corrected chi connectivity index (χ2v) is 19.3. The van der Waals surface area contributed by atoms with Crippen LogP contribution in [0.15, 0.2) is 231 Å². The van der Waals surface area contributed by atoms with Crippen molar-refractivity contribution in [2.75, 3.05) is 10.6 Å². The van der Waals surface area contributed by atoms with E-state index in [0.717, 1.165) is 11.1 Å². The number of phenolic OH excluding ortho intramolecular Hbond substituents is 4. The molecule has 0 aliphatic rings. The van der Waals surface area contributed by atoms with Crippen LogP contribution in [0.3, 0.4) is 0 Å². The first-order valence-corrected chi connectivity index (χ1v) is 25.9. The van der Waals surface area contributed by atoms with Gasteiger partial charge in [0.15, 0.2) is 11.5 Å². The summed E-state index contributed by atoms with van der Waals surface area (Å²) in [5.41, 5.74) is 6.40. The van der Waals surface area contributed by atoms with Crippen molar-refractivity contribution in [1.29, 1.82) is 0 Å². The highest BCUT2D eigenvalue weighted by Gasteiger charge is 2.34. The van der Waals surface area contributed by atoms with Crippen molar-refractivity contribution in [3.8, 4) is 92.6 Å². The molecule has 0 unspecified atom stereocenters. The van der Waals surface area contributed by atoms with Crippen molar-refractivity contribution in [3.05, 3.63) is 297 Å². The zero-order chi connectivity index (χ0) is 56.3. The van der Waals surface area contributed by atoms with Crippen LogP contribution in [0.1, 0.15) is 90.2 Å². The summed E-state index contributed by atoms with van der Waals surface area (Å²) in [7, 11) is 0. The lowest BCUT2D eigenvalue weighted by Gasteiger charge is -2.32. The molecule has 0 radical (unpaired) electrons. The van der Waals surface area contributed by atoms with E-state index in [1.165, 1.54) is 12.1 Å². The van der Waals surface area contributed by atoms with E-state index in [0.29, 0.717) is 33.4 Å². The number of carbonyl (C=O) groups excluding carboxylic acids is 2. The molecule has 81 heavy (non-hydrogen) atoms. The number of aromatic hydroxyl groups is 4. The van der Waals surface area contributed by atoms with E-state index < -0.39 is 17.2 Å². The summed E-state index contributed by atoms with van der Waals surface area (Å²) in [5.74, 6) is 22.7. The molecule has 0 aromatic heterocycles. The molecule has 0 heterocycles. The Balaban J connectivity index is 1.07. The van der Waals surface area contributed by atoms with Crippen LogP contribution in [0.25, 0.3) is 22.3 Å². The summed E-state index contributed by atoms with van der Waals surface area (Å²) in [4.78, 5) is 28.7. The zero-order valence-electron chi connectivity index (χ0n) is 44.0. The van der Waals surface area contributed by atoms with E-state index in [4.69, 9.17) is 0 Å². The van der Waals surface area contributed by atoms with Gasteiger partial charge < -0.3 is 31.1 Å². The number of hydrogen-bond donors (Lipinski definition) is 6. The summed E-state index contributed by atoms with van der Waals surface area (Å²) in [6, 6.07) is 67.9. The van der Waals surface area contributed by atoms with Gasteiger partial charge in [-0.3, -0.25) is 9.59 Å². The minimum atomic E-state index is -1.15. The largest absolute Gasteiger partial charge is 0.507 e. The Hall–Kier alpha value is -11.4. The Morgan fingerprint density at radius 1 is 0.333 bits per heavy atom. The van der Waals surface area contributed by atoms with Crippen LogP contribution >= 0.6 is 0 Å². The monoisotopic (exact) mass is 1050 g/mol. The van der Waals surface area contributed by atoms with E-state index in [1.807, 2.05) is 147 Å². The zero-order valence-corrected chi connectivity index (χ0v) is 44.0. The van der Waals surface area contributed by atoms with E-state index >= 15 is 0 Å². The smallest absolute Gasteiger partial charge is 0.255 e. The number of amides is 2. The molecule has 10 rings (SSSR count). The third-order valence-corrected chi connectivity index (χ3v) is 13.6. The average molecular weight is 1050 g/mol. The van der Waals surface area contributed by atoms with Gasteiger partial charge in [-0.2, -0.15) is 0 Å². The van der Waals surface area contributed by atoms with Crippen molar-refractivity contribution < 1.29 is 30.0 Å². The lowest BCUT2D eigenvalue weighted by molar-refractivity contribution is 0.101. The third-order valence-electron chi connectivity index (χ3n) is 13.6. The van der Waals surface area contributed by atoms with Crippen LogP contribution in [0.5, 0.6) is 23.0 Å². The summed E-state index contributed by atoms with van der Waals surface area (Å²) < 4.78 is 0. The fourth-order valence-electron chi connectivity index (χ4n) is 9.32. The van der Waals surface area contributed by atoms with Gasteiger partial charge in [0.2, 0.25) is 0 Å². The SMILES string of the molecule is CC(C)(c1cccc(O)c1-c1ccc(C#Cc2ccccc2)c(O)c1NC(=O)c1ccc(C#Cc2ccccc2)cc1)c1cccc(O)c1-c1ccc(C#Cc2ccccc2)c(O)c1NC(=O)c1ccc(C#Cc2ccccc2)cc1. The standard InChI is InChI=1S/C73H50N2O6/c1-73(2,61-25-15-27-63(76)65(61)59-47-45-55(39-33-51-21-11-5-12-22-51)69(78)67(59)74-71(80)57-41-35-53(36-42-57)31-29-49-17-7-3-8-18-49)62-26-16-28-64(77)66(62)60-48-46-56(40-34-52-23-13-6-14-24-52)70(79)68(60)75-72(81)58-43-37-54(38-44-58)32-30-50-19-9-4-10-20-50/h3-28,35-38,41-48,76-79H,1-2H3,(H,74,80)(H,75,81). The first-order valence-electron chi connectivity index (χ1n) is 25.9. The number of anilines is 2. The summed E-state index contributed by atoms with van der Waals surface area (Å²) in [6.07, 6.45) is 0. The highest BCUT2D eigenvalue weighted by atomic mass is 16.3. The molecule has 388 valence electrons. The minimum Gasteiger partial charge on any atom is -0.507 e. The molecule has 10 aromatic rings. The molecule has 0 saturated carbocycles. The number of rotatable bonds is 8. The molecule has 0 bridgehead atoms. The lowest BCUT2D eigenvalue weighted by atomic mass is 9.71. The Bertz CT molecular complexity index is 3980. The summed E-state index contributed by atoms with van der Waals surface area (Å²) in [6.45, 7) is 3.81. The summed E-state index contributed by atoms with van der Waals surface area (Å²) in [5, 5.41) is 54.6. The molecule has 8 heteroatoms. The number of nitrogens with one attached hydrogen (secondary N) is 2. The van der Waals surface area contributed by atoms with Gasteiger partial charge in [-0.05, 0) is 132 Å². The Morgan fingerprint density at radius 3 is 0.951 bits per heavy atom. The van der Waals surface area contributed by atoms with Crippen LogP contribution < -0.4 is 10.6 Å². The van der Waals surface area contributed by atoms with Crippen LogP contribution in [0, 0.1) is 47.4 Å². The predicted octanol–water partition coefficient (Wildman–Crippen LogP) is 14.3. The van der Waals surface area contributed by atoms with Crippen LogP contribution in [0.2, 0.25) is 0 Å². The average Bonchev–Trinajstić information content (AvgIpc) is 3.69. The number of hydrogen-bond acceptors (Lipinski definition) is 6.